The van der Waals surface area contributed by atoms with Crippen molar-refractivity contribution in [3.8, 4) is 0 Å². The van der Waals surface area contributed by atoms with Crippen LogP contribution in [0.4, 0.5) is 5.95 Å². The van der Waals surface area contributed by atoms with E-state index < -0.39 is 0 Å². The summed E-state index contributed by atoms with van der Waals surface area (Å²) in [5.41, 5.74) is 0. The van der Waals surface area contributed by atoms with Gasteiger partial charge in [0.25, 0.3) is 0 Å². The summed E-state index contributed by atoms with van der Waals surface area (Å²) in [7, 11) is 0. The minimum atomic E-state index is 0.640. The van der Waals surface area contributed by atoms with Crippen molar-refractivity contribution >= 4 is 5.95 Å². The van der Waals surface area contributed by atoms with Gasteiger partial charge in [-0.25, -0.2) is 4.98 Å². The van der Waals surface area contributed by atoms with Crippen LogP contribution in [-0.4, -0.2) is 15.6 Å². The molecule has 19 heavy (non-hydrogen) atoms. The average molecular weight is 261 g/mol. The quantitative estimate of drug-likeness (QED) is 0.823. The Bertz CT molecular complexity index is 388. The van der Waals surface area contributed by atoms with E-state index in [1.807, 2.05) is 6.20 Å². The van der Waals surface area contributed by atoms with E-state index in [0.717, 1.165) is 11.9 Å². The maximum atomic E-state index is 4.56. The van der Waals surface area contributed by atoms with Crippen molar-refractivity contribution in [1.29, 1.82) is 0 Å². The third-order valence-corrected chi connectivity index (χ3v) is 4.77. The SMILES string of the molecule is CCC(CC1CC1)n1ccnc1NC1CCCCC1. The molecule has 1 atom stereocenters. The predicted molar refractivity (Wildman–Crippen MR) is 79.4 cm³/mol. The number of imidazole rings is 1. The molecule has 1 aromatic heterocycles. The molecule has 2 fully saturated rings. The van der Waals surface area contributed by atoms with E-state index in [1.54, 1.807) is 0 Å². The molecule has 1 aromatic rings. The topological polar surface area (TPSA) is 29.9 Å². The molecule has 3 nitrogen and oxygen atoms in total. The molecule has 0 saturated heterocycles. The Kier molecular flexibility index (Phi) is 4.09. The fourth-order valence-corrected chi connectivity index (χ4v) is 3.36. The first kappa shape index (κ1) is 13.0. The van der Waals surface area contributed by atoms with E-state index >= 15 is 0 Å². The highest BCUT2D eigenvalue weighted by atomic mass is 15.2. The van der Waals surface area contributed by atoms with Gasteiger partial charge in [-0.3, -0.25) is 0 Å². The van der Waals surface area contributed by atoms with Gasteiger partial charge in [0.1, 0.15) is 0 Å². The molecule has 2 aliphatic carbocycles. The van der Waals surface area contributed by atoms with Crippen LogP contribution >= 0.6 is 0 Å². The normalized spacial score (nSPS) is 22.4. The van der Waals surface area contributed by atoms with Crippen LogP contribution in [0.15, 0.2) is 12.4 Å². The largest absolute Gasteiger partial charge is 0.353 e. The van der Waals surface area contributed by atoms with E-state index in [-0.39, 0.29) is 0 Å². The first-order chi connectivity index (χ1) is 9.36. The lowest BCUT2D eigenvalue weighted by Crippen LogP contribution is -2.25. The van der Waals surface area contributed by atoms with Crippen molar-refractivity contribution in [3.63, 3.8) is 0 Å². The lowest BCUT2D eigenvalue weighted by atomic mass is 9.96. The average Bonchev–Trinajstić information content (AvgIpc) is 3.16. The first-order valence-electron chi connectivity index (χ1n) is 8.16. The van der Waals surface area contributed by atoms with Crippen LogP contribution in [0.1, 0.15) is 70.8 Å². The van der Waals surface area contributed by atoms with Crippen LogP contribution in [0, 0.1) is 5.92 Å². The minimum absolute atomic E-state index is 0.640. The van der Waals surface area contributed by atoms with E-state index in [0.29, 0.717) is 12.1 Å². The zero-order valence-electron chi connectivity index (χ0n) is 12.1. The molecule has 106 valence electrons. The summed E-state index contributed by atoms with van der Waals surface area (Å²) in [4.78, 5) is 4.56. The van der Waals surface area contributed by atoms with E-state index in [4.69, 9.17) is 0 Å². The van der Waals surface area contributed by atoms with Crippen LogP contribution < -0.4 is 5.32 Å². The van der Waals surface area contributed by atoms with Crippen LogP contribution in [-0.2, 0) is 0 Å². The zero-order valence-corrected chi connectivity index (χ0v) is 12.1. The van der Waals surface area contributed by atoms with Gasteiger partial charge < -0.3 is 9.88 Å². The van der Waals surface area contributed by atoms with Gasteiger partial charge in [-0.15, -0.1) is 0 Å². The van der Waals surface area contributed by atoms with Crippen molar-refractivity contribution in [2.45, 2.75) is 76.8 Å². The Balaban J connectivity index is 1.65. The summed E-state index contributed by atoms with van der Waals surface area (Å²) in [6, 6.07) is 1.29. The molecule has 0 bridgehead atoms. The number of hydrogen-bond donors (Lipinski definition) is 1. The zero-order chi connectivity index (χ0) is 13.1. The number of anilines is 1. The molecule has 0 radical (unpaired) electrons. The van der Waals surface area contributed by atoms with E-state index in [9.17, 15) is 0 Å². The van der Waals surface area contributed by atoms with Gasteiger partial charge >= 0.3 is 0 Å². The monoisotopic (exact) mass is 261 g/mol. The Hall–Kier alpha value is -0.990. The van der Waals surface area contributed by atoms with Crippen LogP contribution in [0.5, 0.6) is 0 Å². The second-order valence-corrected chi connectivity index (χ2v) is 6.38. The second-order valence-electron chi connectivity index (χ2n) is 6.38. The molecule has 1 N–H and O–H groups in total. The van der Waals surface area contributed by atoms with Gasteiger partial charge in [0.05, 0.1) is 0 Å². The maximum Gasteiger partial charge on any atom is 0.203 e. The highest BCUT2D eigenvalue weighted by Crippen LogP contribution is 2.38. The van der Waals surface area contributed by atoms with E-state index in [1.165, 1.54) is 57.8 Å². The number of hydrogen-bond acceptors (Lipinski definition) is 2. The smallest absolute Gasteiger partial charge is 0.203 e. The first-order valence-corrected chi connectivity index (χ1v) is 8.16. The third-order valence-electron chi connectivity index (χ3n) is 4.77. The number of nitrogens with zero attached hydrogens (tertiary/aromatic N) is 2. The molecule has 1 unspecified atom stereocenters. The summed E-state index contributed by atoms with van der Waals surface area (Å²) < 4.78 is 2.40. The van der Waals surface area contributed by atoms with Crippen molar-refractivity contribution in [3.05, 3.63) is 12.4 Å². The van der Waals surface area contributed by atoms with Crippen molar-refractivity contribution in [2.24, 2.45) is 5.92 Å². The molecule has 1 heterocycles. The lowest BCUT2D eigenvalue weighted by molar-refractivity contribution is 0.422. The second kappa shape index (κ2) is 5.98. The molecule has 3 heteroatoms. The predicted octanol–water partition coefficient (Wildman–Crippen LogP) is 4.38. The van der Waals surface area contributed by atoms with Gasteiger partial charge in [0.2, 0.25) is 5.95 Å². The molecular formula is C16H27N3. The minimum Gasteiger partial charge on any atom is -0.353 e. The van der Waals surface area contributed by atoms with Crippen LogP contribution in [0.2, 0.25) is 0 Å². The van der Waals surface area contributed by atoms with Gasteiger partial charge in [-0.1, -0.05) is 39.0 Å². The molecule has 2 saturated carbocycles. The van der Waals surface area contributed by atoms with E-state index in [2.05, 4.69) is 28.0 Å². The van der Waals surface area contributed by atoms with Gasteiger partial charge in [0, 0.05) is 24.5 Å². The molecule has 0 amide bonds. The molecular weight excluding hydrogens is 234 g/mol. The molecule has 2 aliphatic rings. The Morgan fingerprint density at radius 3 is 2.74 bits per heavy atom. The summed E-state index contributed by atoms with van der Waals surface area (Å²) in [5, 5.41) is 3.69. The van der Waals surface area contributed by atoms with Crippen molar-refractivity contribution < 1.29 is 0 Å². The highest BCUT2D eigenvalue weighted by Gasteiger charge is 2.26. The fourth-order valence-electron chi connectivity index (χ4n) is 3.36. The molecule has 3 rings (SSSR count). The summed E-state index contributed by atoms with van der Waals surface area (Å²) in [6.45, 7) is 2.30. The fraction of sp³-hybridized carbons (Fsp3) is 0.812. The van der Waals surface area contributed by atoms with Crippen LogP contribution in [0.3, 0.4) is 0 Å². The van der Waals surface area contributed by atoms with Crippen molar-refractivity contribution in [1.82, 2.24) is 9.55 Å². The molecule has 0 spiro atoms. The highest BCUT2D eigenvalue weighted by molar-refractivity contribution is 5.28. The van der Waals surface area contributed by atoms with Crippen LogP contribution in [0.25, 0.3) is 0 Å². The Labute approximate surface area is 116 Å². The Morgan fingerprint density at radius 1 is 1.26 bits per heavy atom. The summed E-state index contributed by atoms with van der Waals surface area (Å²) >= 11 is 0. The van der Waals surface area contributed by atoms with Gasteiger partial charge in [0.15, 0.2) is 0 Å². The molecule has 0 aliphatic heterocycles. The summed E-state index contributed by atoms with van der Waals surface area (Å²) in [5.74, 6) is 2.09. The lowest BCUT2D eigenvalue weighted by Gasteiger charge is -2.26. The number of nitrogens with one attached hydrogen (secondary N) is 1. The Morgan fingerprint density at radius 2 is 2.05 bits per heavy atom. The maximum absolute atomic E-state index is 4.56. The number of aromatic nitrogens is 2. The van der Waals surface area contributed by atoms with Gasteiger partial charge in [-0.2, -0.15) is 0 Å². The van der Waals surface area contributed by atoms with Gasteiger partial charge in [-0.05, 0) is 31.6 Å². The number of rotatable bonds is 6. The third kappa shape index (κ3) is 3.31. The summed E-state index contributed by atoms with van der Waals surface area (Å²) in [6.07, 6.45) is 16.3. The van der Waals surface area contributed by atoms with Crippen molar-refractivity contribution in [2.75, 3.05) is 5.32 Å². The molecule has 0 aromatic carbocycles. The standard InChI is InChI=1S/C16H27N3/c1-2-15(12-13-8-9-13)19-11-10-17-16(19)18-14-6-4-3-5-7-14/h10-11,13-15H,2-9,12H2,1H3,(H,17,18).